The molecule has 0 spiro atoms. The first kappa shape index (κ1) is 8.67. The number of fused-ring (bicyclic) bond motifs is 1. The van der Waals surface area contributed by atoms with Gasteiger partial charge in [0.25, 0.3) is 0 Å². The van der Waals surface area contributed by atoms with E-state index >= 15 is 0 Å². The molecule has 0 amide bonds. The molecule has 4 nitrogen and oxygen atoms in total. The summed E-state index contributed by atoms with van der Waals surface area (Å²) >= 11 is 1.47. The minimum absolute atomic E-state index is 0.146. The van der Waals surface area contributed by atoms with Gasteiger partial charge in [-0.3, -0.25) is 0 Å². The van der Waals surface area contributed by atoms with Gasteiger partial charge in [-0.25, -0.2) is 0 Å². The first-order valence-corrected chi connectivity index (χ1v) is 5.37. The van der Waals surface area contributed by atoms with E-state index in [0.717, 1.165) is 16.5 Å². The Labute approximate surface area is 90.5 Å². The molecule has 0 aliphatic carbocycles. The third-order valence-electron chi connectivity index (χ3n) is 2.10. The third-order valence-corrected chi connectivity index (χ3v) is 2.89. The van der Waals surface area contributed by atoms with Crippen molar-refractivity contribution >= 4 is 11.3 Å². The molecule has 2 aromatic rings. The highest BCUT2D eigenvalue weighted by Crippen LogP contribution is 2.35. The molecule has 0 bridgehead atoms. The Bertz CT molecular complexity index is 458. The molecule has 3 rings (SSSR count). The van der Waals surface area contributed by atoms with Gasteiger partial charge in [0.2, 0.25) is 0 Å². The number of hydrogen-bond acceptors (Lipinski definition) is 5. The quantitative estimate of drug-likeness (QED) is 0.734. The van der Waals surface area contributed by atoms with Crippen LogP contribution >= 0.6 is 11.3 Å². The highest BCUT2D eigenvalue weighted by atomic mass is 32.1. The molecule has 75 valence electrons. The van der Waals surface area contributed by atoms with Crippen LogP contribution in [-0.2, 0) is 0 Å². The lowest BCUT2D eigenvalue weighted by atomic mass is 10.3. The van der Waals surface area contributed by atoms with Crippen molar-refractivity contribution in [2.45, 2.75) is 6.10 Å². The first-order valence-electron chi connectivity index (χ1n) is 4.49. The van der Waals surface area contributed by atoms with Gasteiger partial charge in [0.05, 0.1) is 0 Å². The summed E-state index contributed by atoms with van der Waals surface area (Å²) in [4.78, 5) is 0. The van der Waals surface area contributed by atoms with E-state index in [1.54, 1.807) is 17.6 Å². The van der Waals surface area contributed by atoms with Crippen LogP contribution in [0.25, 0.3) is 0 Å². The van der Waals surface area contributed by atoms with E-state index < -0.39 is 0 Å². The fraction of sp³-hybridized carbons (Fsp3) is 0.200. The van der Waals surface area contributed by atoms with E-state index in [1.807, 2.05) is 6.07 Å². The van der Waals surface area contributed by atoms with Gasteiger partial charge in [-0.1, -0.05) is 6.07 Å². The average molecular weight is 219 g/mol. The van der Waals surface area contributed by atoms with Crippen LogP contribution < -0.4 is 9.47 Å². The van der Waals surface area contributed by atoms with Crippen LogP contribution in [0.3, 0.4) is 0 Å². The zero-order valence-corrected chi connectivity index (χ0v) is 8.53. The number of hydrogen-bond donors (Lipinski definition) is 0. The predicted octanol–water partition coefficient (Wildman–Crippen LogP) is 1.85. The standard InChI is InChI=1S/C10H7N2O2S/c1-2-4-8-7(3-1)13-5-9(14-8)10-12-11-6-15-10/h2-4,6,9H,5H2. The molecular weight excluding hydrogens is 212 g/mol. The van der Waals surface area contributed by atoms with Crippen molar-refractivity contribution < 1.29 is 9.47 Å². The van der Waals surface area contributed by atoms with Gasteiger partial charge < -0.3 is 9.47 Å². The van der Waals surface area contributed by atoms with E-state index in [-0.39, 0.29) is 6.10 Å². The minimum atomic E-state index is -0.146. The van der Waals surface area contributed by atoms with E-state index in [4.69, 9.17) is 9.47 Å². The van der Waals surface area contributed by atoms with E-state index in [1.165, 1.54) is 11.3 Å². The maximum Gasteiger partial charge on any atom is 0.186 e. The molecule has 0 N–H and O–H groups in total. The largest absolute Gasteiger partial charge is 0.485 e. The zero-order valence-electron chi connectivity index (χ0n) is 7.71. The van der Waals surface area contributed by atoms with Crippen LogP contribution in [0.1, 0.15) is 11.1 Å². The molecule has 5 heteroatoms. The minimum Gasteiger partial charge on any atom is -0.485 e. The molecule has 1 unspecified atom stereocenters. The second-order valence-corrected chi connectivity index (χ2v) is 3.93. The van der Waals surface area contributed by atoms with Crippen molar-refractivity contribution in [1.82, 2.24) is 10.2 Å². The fourth-order valence-corrected chi connectivity index (χ4v) is 1.97. The molecule has 0 saturated heterocycles. The highest BCUT2D eigenvalue weighted by molar-refractivity contribution is 7.09. The Balaban J connectivity index is 1.89. The Hall–Kier alpha value is -1.62. The summed E-state index contributed by atoms with van der Waals surface area (Å²) in [5, 5.41) is 8.59. The van der Waals surface area contributed by atoms with E-state index in [9.17, 15) is 0 Å². The predicted molar refractivity (Wildman–Crippen MR) is 54.1 cm³/mol. The monoisotopic (exact) mass is 219 g/mol. The van der Waals surface area contributed by atoms with Crippen molar-refractivity contribution in [3.8, 4) is 11.5 Å². The Morgan fingerprint density at radius 1 is 1.47 bits per heavy atom. The summed E-state index contributed by atoms with van der Waals surface area (Å²) in [6.45, 7) is 0.472. The van der Waals surface area contributed by atoms with Gasteiger partial charge in [0.15, 0.2) is 22.6 Å². The number of benzene rings is 1. The summed E-state index contributed by atoms with van der Waals surface area (Å²) in [7, 11) is 0. The highest BCUT2D eigenvalue weighted by Gasteiger charge is 2.24. The maximum atomic E-state index is 5.74. The summed E-state index contributed by atoms with van der Waals surface area (Å²) < 4.78 is 11.3. The fourth-order valence-electron chi connectivity index (χ4n) is 1.41. The lowest BCUT2D eigenvalue weighted by Crippen LogP contribution is -2.21. The van der Waals surface area contributed by atoms with Crippen molar-refractivity contribution in [3.63, 3.8) is 0 Å². The van der Waals surface area contributed by atoms with Crippen LogP contribution in [0.15, 0.2) is 23.7 Å². The lowest BCUT2D eigenvalue weighted by molar-refractivity contribution is 0.0906. The molecule has 1 aromatic heterocycles. The maximum absolute atomic E-state index is 5.74. The average Bonchev–Trinajstić information content (AvgIpc) is 2.82. The second-order valence-electron chi connectivity index (χ2n) is 3.07. The van der Waals surface area contributed by atoms with Crippen LogP contribution in [-0.4, -0.2) is 16.8 Å². The van der Waals surface area contributed by atoms with Crippen molar-refractivity contribution in [1.29, 1.82) is 0 Å². The molecule has 1 aliphatic heterocycles. The van der Waals surface area contributed by atoms with Crippen molar-refractivity contribution in [2.75, 3.05) is 6.61 Å². The molecule has 0 saturated carbocycles. The summed E-state index contributed by atoms with van der Waals surface area (Å²) in [5.41, 5.74) is 1.69. The molecule has 2 heterocycles. The summed E-state index contributed by atoms with van der Waals surface area (Å²) in [6.07, 6.45) is -0.146. The van der Waals surface area contributed by atoms with Gasteiger partial charge in [0.1, 0.15) is 12.1 Å². The van der Waals surface area contributed by atoms with Gasteiger partial charge in [-0.05, 0) is 18.2 Å². The van der Waals surface area contributed by atoms with Crippen molar-refractivity contribution in [3.05, 3.63) is 34.8 Å². The second kappa shape index (κ2) is 3.51. The molecular formula is C10H7N2O2S. The van der Waals surface area contributed by atoms with Gasteiger partial charge in [-0.2, -0.15) is 0 Å². The van der Waals surface area contributed by atoms with E-state index in [0.29, 0.717) is 6.61 Å². The summed E-state index contributed by atoms with van der Waals surface area (Å²) in [5.74, 6) is 1.47. The number of nitrogens with zero attached hydrogens (tertiary/aromatic N) is 2. The topological polar surface area (TPSA) is 44.2 Å². The van der Waals surface area contributed by atoms with Crippen molar-refractivity contribution in [2.24, 2.45) is 0 Å². The Kier molecular flexibility index (Phi) is 2.03. The van der Waals surface area contributed by atoms with Gasteiger partial charge >= 0.3 is 0 Å². The third kappa shape index (κ3) is 1.55. The van der Waals surface area contributed by atoms with Crippen LogP contribution in [0.4, 0.5) is 0 Å². The zero-order chi connectivity index (χ0) is 10.1. The number of rotatable bonds is 1. The smallest absolute Gasteiger partial charge is 0.186 e. The number of ether oxygens (including phenoxy) is 2. The first-order chi connectivity index (χ1) is 7.43. The Morgan fingerprint density at radius 2 is 2.47 bits per heavy atom. The van der Waals surface area contributed by atoms with Gasteiger partial charge in [-0.15, -0.1) is 21.5 Å². The molecule has 0 fully saturated rings. The molecule has 1 radical (unpaired) electrons. The normalized spacial score (nSPS) is 18.8. The molecule has 1 aromatic carbocycles. The van der Waals surface area contributed by atoms with Gasteiger partial charge in [0, 0.05) is 0 Å². The molecule has 1 atom stereocenters. The Morgan fingerprint density at radius 3 is 3.33 bits per heavy atom. The van der Waals surface area contributed by atoms with E-state index in [2.05, 4.69) is 16.3 Å². The molecule has 1 aliphatic rings. The van der Waals surface area contributed by atoms with Crippen LogP contribution in [0.2, 0.25) is 0 Å². The van der Waals surface area contributed by atoms with Crippen LogP contribution in [0, 0.1) is 6.07 Å². The number of aromatic nitrogens is 2. The summed E-state index contributed by atoms with van der Waals surface area (Å²) in [6, 6.07) is 8.34. The van der Waals surface area contributed by atoms with Crippen LogP contribution in [0.5, 0.6) is 11.5 Å². The SMILES string of the molecule is [c]1ccc2c(c1)OCC(c1nncs1)O2. The lowest BCUT2D eigenvalue weighted by Gasteiger charge is -2.24. The molecule has 15 heavy (non-hydrogen) atoms.